The lowest BCUT2D eigenvalue weighted by molar-refractivity contribution is -0.244. The minimum Gasteiger partial charge on any atom is -0.481 e. The van der Waals surface area contributed by atoms with E-state index in [1.165, 1.54) is 5.57 Å². The van der Waals surface area contributed by atoms with E-state index in [4.69, 9.17) is 0 Å². The van der Waals surface area contributed by atoms with Crippen LogP contribution in [-0.2, 0) is 4.79 Å². The van der Waals surface area contributed by atoms with Gasteiger partial charge in [0, 0.05) is 5.41 Å². The first-order valence-electron chi connectivity index (χ1n) is 14.6. The van der Waals surface area contributed by atoms with Crippen LogP contribution in [0, 0.1) is 56.7 Å². The SMILES string of the molecule is C[C@H]1[C@H](C)CC[C@]2(CC(=O)O)CC[C@]3(C)C(=CC[C@@H]4[C@@]5(C)C[C@@H](O)[C@H](O)C(C)(CO)C5CC[C@]43C)[C@H]12. The zero-order chi connectivity index (χ0) is 26.5. The van der Waals surface area contributed by atoms with Gasteiger partial charge in [0.1, 0.15) is 0 Å². The Hall–Kier alpha value is -0.910. The maximum absolute atomic E-state index is 12.1. The average Bonchev–Trinajstić information content (AvgIpc) is 2.80. The highest BCUT2D eigenvalue weighted by atomic mass is 16.4. The Labute approximate surface area is 217 Å². The van der Waals surface area contributed by atoms with Crippen LogP contribution in [0.3, 0.4) is 0 Å². The third kappa shape index (κ3) is 3.21. The molecule has 0 aliphatic heterocycles. The summed E-state index contributed by atoms with van der Waals surface area (Å²) in [6.45, 7) is 13.9. The van der Waals surface area contributed by atoms with Crippen molar-refractivity contribution in [3.63, 3.8) is 0 Å². The Morgan fingerprint density at radius 2 is 1.69 bits per heavy atom. The number of rotatable bonds is 3. The van der Waals surface area contributed by atoms with Gasteiger partial charge in [-0.3, -0.25) is 4.79 Å². The first-order valence-corrected chi connectivity index (χ1v) is 14.6. The molecular weight excluding hydrogens is 452 g/mol. The van der Waals surface area contributed by atoms with E-state index in [2.05, 4.69) is 40.7 Å². The smallest absolute Gasteiger partial charge is 0.303 e. The molecule has 36 heavy (non-hydrogen) atoms. The molecule has 4 saturated carbocycles. The molecular formula is C31H50O5. The van der Waals surface area contributed by atoms with E-state index in [1.807, 2.05) is 6.92 Å². The topological polar surface area (TPSA) is 98.0 Å². The number of carbonyl (C=O) groups is 1. The normalized spacial score (nSPS) is 56.5. The summed E-state index contributed by atoms with van der Waals surface area (Å²) in [5.74, 6) is 1.25. The zero-order valence-corrected chi connectivity index (χ0v) is 23.4. The van der Waals surface area contributed by atoms with Crippen molar-refractivity contribution in [1.82, 2.24) is 0 Å². The van der Waals surface area contributed by atoms with E-state index < -0.39 is 23.6 Å². The highest BCUT2D eigenvalue weighted by Gasteiger charge is 2.70. The fraction of sp³-hybridized carbons (Fsp3) is 0.903. The lowest BCUT2D eigenvalue weighted by Gasteiger charge is -2.72. The van der Waals surface area contributed by atoms with E-state index in [0.29, 0.717) is 30.1 Å². The van der Waals surface area contributed by atoms with Crippen LogP contribution in [0.25, 0.3) is 0 Å². The largest absolute Gasteiger partial charge is 0.481 e. The number of carboxylic acid groups (broad SMARTS) is 1. The first-order chi connectivity index (χ1) is 16.7. The van der Waals surface area contributed by atoms with E-state index >= 15 is 0 Å². The van der Waals surface area contributed by atoms with Crippen molar-refractivity contribution in [3.05, 3.63) is 11.6 Å². The minimum atomic E-state index is -0.897. The molecule has 5 heteroatoms. The third-order valence-corrected chi connectivity index (χ3v) is 13.8. The van der Waals surface area contributed by atoms with Gasteiger partial charge in [0.25, 0.3) is 0 Å². The molecule has 204 valence electrons. The van der Waals surface area contributed by atoms with Crippen molar-refractivity contribution < 1.29 is 25.2 Å². The summed E-state index contributed by atoms with van der Waals surface area (Å²) in [5.41, 5.74) is 0.573. The summed E-state index contributed by atoms with van der Waals surface area (Å²) in [5, 5.41) is 42.4. The number of aliphatic carboxylic acids is 1. The minimum absolute atomic E-state index is 0.00147. The first kappa shape index (κ1) is 26.7. The molecule has 5 nitrogen and oxygen atoms in total. The second-order valence-electron chi connectivity index (χ2n) is 15.0. The van der Waals surface area contributed by atoms with Gasteiger partial charge >= 0.3 is 5.97 Å². The maximum Gasteiger partial charge on any atom is 0.303 e. The molecule has 12 atom stereocenters. The predicted molar refractivity (Wildman–Crippen MR) is 140 cm³/mol. The van der Waals surface area contributed by atoms with Crippen molar-refractivity contribution in [2.45, 2.75) is 112 Å². The highest BCUT2D eigenvalue weighted by Crippen LogP contribution is 2.76. The second kappa shape index (κ2) is 8.29. The van der Waals surface area contributed by atoms with Crippen molar-refractivity contribution in [2.75, 3.05) is 6.61 Å². The predicted octanol–water partition coefficient (Wildman–Crippen LogP) is 5.42. The molecule has 4 N–H and O–H groups in total. The third-order valence-electron chi connectivity index (χ3n) is 13.8. The van der Waals surface area contributed by atoms with Gasteiger partial charge in [-0.1, -0.05) is 53.2 Å². The molecule has 0 amide bonds. The Morgan fingerprint density at radius 3 is 2.33 bits per heavy atom. The van der Waals surface area contributed by atoms with Crippen LogP contribution in [0.5, 0.6) is 0 Å². The Bertz CT molecular complexity index is 945. The van der Waals surface area contributed by atoms with Gasteiger partial charge < -0.3 is 20.4 Å². The number of allylic oxidation sites excluding steroid dienone is 2. The summed E-state index contributed by atoms with van der Waals surface area (Å²) in [6.07, 6.45) is 8.74. The molecule has 0 bridgehead atoms. The molecule has 4 fully saturated rings. The molecule has 0 heterocycles. The molecule has 0 radical (unpaired) electrons. The van der Waals surface area contributed by atoms with Gasteiger partial charge in [0.15, 0.2) is 0 Å². The molecule has 0 aromatic rings. The van der Waals surface area contributed by atoms with Crippen LogP contribution >= 0.6 is 0 Å². The van der Waals surface area contributed by atoms with E-state index in [-0.39, 0.29) is 40.6 Å². The fourth-order valence-corrected chi connectivity index (χ4v) is 11.4. The average molecular weight is 503 g/mol. The fourth-order valence-electron chi connectivity index (χ4n) is 11.4. The van der Waals surface area contributed by atoms with Crippen LogP contribution in [0.1, 0.15) is 99.3 Å². The monoisotopic (exact) mass is 502 g/mol. The number of fused-ring (bicyclic) bond motifs is 7. The Balaban J connectivity index is 1.61. The summed E-state index contributed by atoms with van der Waals surface area (Å²) in [6, 6.07) is 0. The number of hydrogen-bond acceptors (Lipinski definition) is 4. The molecule has 0 spiro atoms. The molecule has 0 aromatic heterocycles. The molecule has 0 saturated heterocycles. The molecule has 5 aliphatic carbocycles. The summed E-state index contributed by atoms with van der Waals surface area (Å²) < 4.78 is 0. The maximum atomic E-state index is 12.1. The van der Waals surface area contributed by atoms with Crippen LogP contribution in [0.2, 0.25) is 0 Å². The van der Waals surface area contributed by atoms with Gasteiger partial charge in [-0.25, -0.2) is 0 Å². The Morgan fingerprint density at radius 1 is 1.00 bits per heavy atom. The van der Waals surface area contributed by atoms with Gasteiger partial charge in [0.2, 0.25) is 0 Å². The molecule has 0 aromatic carbocycles. The zero-order valence-electron chi connectivity index (χ0n) is 23.4. The van der Waals surface area contributed by atoms with Gasteiger partial charge in [-0.05, 0) is 103 Å². The van der Waals surface area contributed by atoms with E-state index in [9.17, 15) is 25.2 Å². The van der Waals surface area contributed by atoms with Crippen molar-refractivity contribution >= 4 is 5.97 Å². The number of carboxylic acids is 1. The summed E-state index contributed by atoms with van der Waals surface area (Å²) in [7, 11) is 0. The highest BCUT2D eigenvalue weighted by molar-refractivity contribution is 5.68. The molecule has 5 rings (SSSR count). The van der Waals surface area contributed by atoms with Crippen molar-refractivity contribution in [3.8, 4) is 0 Å². The Kier molecular flexibility index (Phi) is 6.15. The van der Waals surface area contributed by atoms with Crippen molar-refractivity contribution in [1.29, 1.82) is 0 Å². The van der Waals surface area contributed by atoms with Gasteiger partial charge in [-0.15, -0.1) is 0 Å². The van der Waals surface area contributed by atoms with Crippen LogP contribution in [0.15, 0.2) is 11.6 Å². The van der Waals surface area contributed by atoms with E-state index in [1.54, 1.807) is 0 Å². The van der Waals surface area contributed by atoms with Crippen molar-refractivity contribution in [2.24, 2.45) is 56.7 Å². The number of aliphatic hydroxyl groups excluding tert-OH is 3. The van der Waals surface area contributed by atoms with Crippen LogP contribution in [0.4, 0.5) is 0 Å². The molecule has 2 unspecified atom stereocenters. The number of hydrogen-bond donors (Lipinski definition) is 4. The van der Waals surface area contributed by atoms with E-state index in [0.717, 1.165) is 44.9 Å². The summed E-state index contributed by atoms with van der Waals surface area (Å²) in [4.78, 5) is 12.1. The number of aliphatic hydroxyl groups is 3. The standard InChI is InChI=1S/C31H50O5/c1-18-9-12-31(16-24(34)35)14-13-29(5)20(25(31)19(18)2)7-8-23-27(3)15-21(33)26(36)28(4,17-32)22(27)10-11-30(23,29)6/h7,18-19,21-23,25-26,32-33,36H,8-17H2,1-6H3,(H,34,35)/t18-,19+,21-,22?,23-,25+,26+,27+,28?,29-,30-,31-/m1/s1. The second-order valence-corrected chi connectivity index (χ2v) is 15.0. The van der Waals surface area contributed by atoms with Crippen LogP contribution in [-0.4, -0.2) is 45.2 Å². The lowest BCUT2D eigenvalue weighted by atomic mass is 9.33. The summed E-state index contributed by atoms with van der Waals surface area (Å²) >= 11 is 0. The lowest BCUT2D eigenvalue weighted by Crippen LogP contribution is -2.68. The van der Waals surface area contributed by atoms with Gasteiger partial charge in [-0.2, -0.15) is 0 Å². The molecule has 5 aliphatic rings. The quantitative estimate of drug-likeness (QED) is 0.386. The van der Waals surface area contributed by atoms with Crippen LogP contribution < -0.4 is 0 Å². The van der Waals surface area contributed by atoms with Gasteiger partial charge in [0.05, 0.1) is 25.2 Å².